The summed E-state index contributed by atoms with van der Waals surface area (Å²) in [7, 11) is 1.29. The number of pyridine rings is 2. The second-order valence-corrected chi connectivity index (χ2v) is 12.1. The lowest BCUT2D eigenvalue weighted by Gasteiger charge is -2.41. The van der Waals surface area contributed by atoms with Crippen LogP contribution in [0, 0.1) is 23.4 Å². The quantitative estimate of drug-likeness (QED) is 0.265. The molecule has 246 valence electrons. The summed E-state index contributed by atoms with van der Waals surface area (Å²) in [5, 5.41) is 5.67. The van der Waals surface area contributed by atoms with Crippen molar-refractivity contribution in [1.82, 2.24) is 15.3 Å². The van der Waals surface area contributed by atoms with E-state index in [0.717, 1.165) is 30.3 Å². The number of anilines is 1. The molecule has 3 aromatic rings. The zero-order valence-electron chi connectivity index (χ0n) is 26.2. The van der Waals surface area contributed by atoms with E-state index in [-0.39, 0.29) is 30.6 Å². The Hall–Kier alpha value is -4.52. The number of carbonyl (C=O) groups excluding carboxylic acids is 3. The van der Waals surface area contributed by atoms with Crippen LogP contribution in [0.2, 0.25) is 0 Å². The first-order chi connectivity index (χ1) is 21.8. The molecule has 1 aliphatic carbocycles. The number of hydrogen-bond donors (Lipinski definition) is 2. The number of benzene rings is 1. The third-order valence-electron chi connectivity index (χ3n) is 7.52. The van der Waals surface area contributed by atoms with Crippen LogP contribution in [0.15, 0.2) is 48.8 Å². The number of rotatable bonds is 9. The van der Waals surface area contributed by atoms with Crippen LogP contribution in [0.1, 0.15) is 68.9 Å². The van der Waals surface area contributed by atoms with Gasteiger partial charge in [-0.05, 0) is 81.3 Å². The summed E-state index contributed by atoms with van der Waals surface area (Å²) in [5.74, 6) is -4.51. The van der Waals surface area contributed by atoms with Gasteiger partial charge in [0.2, 0.25) is 0 Å². The van der Waals surface area contributed by atoms with Crippen molar-refractivity contribution in [2.45, 2.75) is 70.6 Å². The highest BCUT2D eigenvalue weighted by atomic mass is 19.1. The van der Waals surface area contributed by atoms with Crippen LogP contribution < -0.4 is 10.6 Å². The van der Waals surface area contributed by atoms with Gasteiger partial charge in [-0.25, -0.2) is 22.9 Å². The van der Waals surface area contributed by atoms with Crippen LogP contribution in [0.5, 0.6) is 0 Å². The first-order valence-electron chi connectivity index (χ1n) is 14.8. The van der Waals surface area contributed by atoms with E-state index in [2.05, 4.69) is 20.6 Å². The van der Waals surface area contributed by atoms with Gasteiger partial charge < -0.3 is 24.8 Å². The highest BCUT2D eigenvalue weighted by molar-refractivity contribution is 6.03. The molecule has 46 heavy (non-hydrogen) atoms. The van der Waals surface area contributed by atoms with Crippen molar-refractivity contribution in [2.75, 3.05) is 19.0 Å². The Morgan fingerprint density at radius 3 is 2.39 bits per heavy atom. The van der Waals surface area contributed by atoms with Gasteiger partial charge in [-0.2, -0.15) is 0 Å². The molecule has 2 aromatic heterocycles. The van der Waals surface area contributed by atoms with Crippen molar-refractivity contribution in [3.05, 3.63) is 77.5 Å². The molecule has 1 fully saturated rings. The second kappa shape index (κ2) is 14.7. The van der Waals surface area contributed by atoms with Gasteiger partial charge in [0.05, 0.1) is 49.7 Å². The largest absolute Gasteiger partial charge is 0.469 e. The number of alkyl carbamates (subject to hydrolysis) is 1. The molecule has 1 aliphatic rings. The first-order valence-corrected chi connectivity index (χ1v) is 14.8. The molecule has 1 saturated carbocycles. The highest BCUT2D eigenvalue weighted by Gasteiger charge is 2.39. The Balaban J connectivity index is 1.58. The van der Waals surface area contributed by atoms with Gasteiger partial charge in [-0.15, -0.1) is 0 Å². The fourth-order valence-corrected chi connectivity index (χ4v) is 5.55. The van der Waals surface area contributed by atoms with Gasteiger partial charge in [-0.3, -0.25) is 14.6 Å². The van der Waals surface area contributed by atoms with Crippen LogP contribution in [-0.2, 0) is 19.0 Å². The van der Waals surface area contributed by atoms with E-state index in [1.807, 2.05) is 6.92 Å². The zero-order chi connectivity index (χ0) is 33.6. The maximum Gasteiger partial charge on any atom is 0.407 e. The number of esters is 1. The fourth-order valence-electron chi connectivity index (χ4n) is 5.55. The molecule has 2 amide bonds. The van der Waals surface area contributed by atoms with E-state index >= 15 is 0 Å². The summed E-state index contributed by atoms with van der Waals surface area (Å²) in [6, 6.07) is 6.34. The van der Waals surface area contributed by atoms with Crippen molar-refractivity contribution in [1.29, 1.82) is 0 Å². The van der Waals surface area contributed by atoms with E-state index in [0.29, 0.717) is 24.1 Å². The topological polar surface area (TPSA) is 129 Å². The summed E-state index contributed by atoms with van der Waals surface area (Å²) < 4.78 is 59.7. The molecular formula is C33H37F3N4O6. The Morgan fingerprint density at radius 1 is 1.00 bits per heavy atom. The molecule has 0 radical (unpaired) electrons. The molecule has 0 spiro atoms. The minimum Gasteiger partial charge on any atom is -0.469 e. The normalized spacial score (nSPS) is 19.7. The van der Waals surface area contributed by atoms with Crippen LogP contribution >= 0.6 is 0 Å². The van der Waals surface area contributed by atoms with Gasteiger partial charge in [0, 0.05) is 6.20 Å². The summed E-state index contributed by atoms with van der Waals surface area (Å²) in [6.07, 6.45) is 2.98. The maximum absolute atomic E-state index is 14.6. The molecule has 2 N–H and O–H groups in total. The van der Waals surface area contributed by atoms with Gasteiger partial charge in [0.1, 0.15) is 34.4 Å². The molecule has 0 bridgehead atoms. The molecule has 10 nitrogen and oxygen atoms in total. The molecule has 4 unspecified atom stereocenters. The molecule has 4 rings (SSSR count). The number of ether oxygens (including phenoxy) is 3. The third-order valence-corrected chi connectivity index (χ3v) is 7.52. The Labute approximate surface area is 265 Å². The minimum absolute atomic E-state index is 0.0472. The van der Waals surface area contributed by atoms with Crippen molar-refractivity contribution >= 4 is 23.7 Å². The van der Waals surface area contributed by atoms with Gasteiger partial charge in [0.25, 0.3) is 5.91 Å². The smallest absolute Gasteiger partial charge is 0.407 e. The second-order valence-electron chi connectivity index (χ2n) is 12.1. The maximum atomic E-state index is 14.6. The number of hydrogen-bond acceptors (Lipinski definition) is 8. The Bertz CT molecular complexity index is 1560. The monoisotopic (exact) mass is 642 g/mol. The number of amides is 2. The van der Waals surface area contributed by atoms with E-state index in [4.69, 9.17) is 14.2 Å². The van der Waals surface area contributed by atoms with Crippen LogP contribution in [-0.4, -0.2) is 59.4 Å². The lowest BCUT2D eigenvalue weighted by atomic mass is 9.74. The van der Waals surface area contributed by atoms with Gasteiger partial charge in [0.15, 0.2) is 0 Å². The number of nitrogens with zero attached hydrogens (tertiary/aromatic N) is 2. The third kappa shape index (κ3) is 8.59. The summed E-state index contributed by atoms with van der Waals surface area (Å²) in [4.78, 5) is 45.9. The molecular weight excluding hydrogens is 605 g/mol. The fraction of sp³-hybridized carbons (Fsp3) is 0.424. The Kier molecular flexibility index (Phi) is 11.0. The Morgan fingerprint density at radius 2 is 1.72 bits per heavy atom. The first kappa shape index (κ1) is 34.4. The van der Waals surface area contributed by atoms with E-state index in [1.54, 1.807) is 33.0 Å². The van der Waals surface area contributed by atoms with Crippen molar-refractivity contribution < 1.29 is 41.8 Å². The molecule has 1 aromatic carbocycles. The molecule has 4 atom stereocenters. The number of aromatic nitrogens is 2. The van der Waals surface area contributed by atoms with E-state index in [1.165, 1.54) is 13.3 Å². The standard InChI is InChI=1S/C33H37F3N4O6/c1-18-15-19(16-25(40-32(43)46-33(2,3)4)30(18)45-14-12-27(41)44-5)20-11-13-37-17-26(20)39-31(42)24-10-9-23(36)29(38-24)28-21(34)7-6-8-22(28)35/h6-11,13,17-19,25,30H,12,14-16H2,1-5H3,(H,39,42)(H,40,43). The highest BCUT2D eigenvalue weighted by Crippen LogP contribution is 2.40. The lowest BCUT2D eigenvalue weighted by Crippen LogP contribution is -2.52. The number of methoxy groups -OCH3 is 1. The molecule has 13 heteroatoms. The van der Waals surface area contributed by atoms with Gasteiger partial charge in [-0.1, -0.05) is 13.0 Å². The number of nitrogens with one attached hydrogen (secondary N) is 2. The van der Waals surface area contributed by atoms with Crippen LogP contribution in [0.3, 0.4) is 0 Å². The molecule has 2 heterocycles. The molecule has 0 saturated heterocycles. The number of carbonyl (C=O) groups is 3. The van der Waals surface area contributed by atoms with Crippen LogP contribution in [0.4, 0.5) is 23.7 Å². The minimum atomic E-state index is -1.02. The van der Waals surface area contributed by atoms with Crippen molar-refractivity contribution in [3.8, 4) is 11.3 Å². The van der Waals surface area contributed by atoms with Crippen LogP contribution in [0.25, 0.3) is 11.3 Å². The summed E-state index contributed by atoms with van der Waals surface area (Å²) in [6.45, 7) is 7.31. The zero-order valence-corrected chi connectivity index (χ0v) is 26.2. The predicted octanol–water partition coefficient (Wildman–Crippen LogP) is 6.17. The lowest BCUT2D eigenvalue weighted by molar-refractivity contribution is -0.143. The van der Waals surface area contributed by atoms with Crippen molar-refractivity contribution in [3.63, 3.8) is 0 Å². The average molecular weight is 643 g/mol. The SMILES string of the molecule is COC(=O)CCOC1C(C)CC(c2ccncc2NC(=O)c2ccc(F)c(-c3c(F)cccc3F)n2)CC1NC(=O)OC(C)(C)C. The molecule has 0 aliphatic heterocycles. The van der Waals surface area contributed by atoms with Gasteiger partial charge >= 0.3 is 12.1 Å². The summed E-state index contributed by atoms with van der Waals surface area (Å²) >= 11 is 0. The predicted molar refractivity (Wildman–Crippen MR) is 162 cm³/mol. The van der Waals surface area contributed by atoms with Crippen molar-refractivity contribution in [2.24, 2.45) is 5.92 Å². The number of halogens is 3. The van der Waals surface area contributed by atoms with E-state index in [9.17, 15) is 27.6 Å². The summed E-state index contributed by atoms with van der Waals surface area (Å²) in [5.41, 5.74) is -1.27. The average Bonchev–Trinajstić information content (AvgIpc) is 2.98. The van der Waals surface area contributed by atoms with E-state index < -0.39 is 64.4 Å².